The molecule has 3 rings (SSSR count). The Kier molecular flexibility index (Phi) is 5.33. The number of oxime groups is 1. The molecule has 0 fully saturated rings. The van der Waals surface area contributed by atoms with Gasteiger partial charge in [-0.3, -0.25) is 0 Å². The Bertz CT molecular complexity index is 889. The van der Waals surface area contributed by atoms with Crippen molar-refractivity contribution < 1.29 is 14.4 Å². The zero-order chi connectivity index (χ0) is 18.0. The molecule has 0 saturated heterocycles. The van der Waals surface area contributed by atoms with E-state index in [1.54, 1.807) is 37.3 Å². The SMILES string of the molecule is CC1=NOC(=O)/C1=C\c1cc(Cl)cc(Cl)c1OCc1ccc(Cl)cc1. The first kappa shape index (κ1) is 17.8. The fourth-order valence-corrected chi connectivity index (χ4v) is 2.94. The highest BCUT2D eigenvalue weighted by Crippen LogP contribution is 2.35. The van der Waals surface area contributed by atoms with Gasteiger partial charge in [0.1, 0.15) is 12.4 Å². The topological polar surface area (TPSA) is 47.9 Å². The predicted octanol–water partition coefficient (Wildman–Crippen LogP) is 5.54. The number of hydrogen-bond acceptors (Lipinski definition) is 4. The van der Waals surface area contributed by atoms with E-state index in [4.69, 9.17) is 39.5 Å². The first-order chi connectivity index (χ1) is 11.9. The van der Waals surface area contributed by atoms with Crippen molar-refractivity contribution in [1.82, 2.24) is 0 Å². The molecule has 0 amide bonds. The van der Waals surface area contributed by atoms with Crippen LogP contribution in [0.4, 0.5) is 0 Å². The van der Waals surface area contributed by atoms with Crippen molar-refractivity contribution >= 4 is 52.6 Å². The molecule has 0 saturated carbocycles. The standard InChI is InChI=1S/C18H12Cl3NO3/c1-10-15(18(23)25-22-10)7-12-6-14(20)8-16(21)17(12)24-9-11-2-4-13(19)5-3-11/h2-8H,9H2,1H3/b15-7-. The molecule has 0 aliphatic carbocycles. The molecule has 2 aromatic carbocycles. The van der Waals surface area contributed by atoms with Crippen LogP contribution in [0.25, 0.3) is 6.08 Å². The number of halogens is 3. The summed E-state index contributed by atoms with van der Waals surface area (Å²) in [4.78, 5) is 16.4. The Balaban J connectivity index is 1.93. The fraction of sp³-hybridized carbons (Fsp3) is 0.111. The van der Waals surface area contributed by atoms with E-state index in [0.717, 1.165) is 5.56 Å². The molecule has 2 aromatic rings. The highest BCUT2D eigenvalue weighted by Gasteiger charge is 2.23. The average Bonchev–Trinajstić information content (AvgIpc) is 2.87. The molecule has 0 bridgehead atoms. The van der Waals surface area contributed by atoms with Crippen LogP contribution in [0.2, 0.25) is 15.1 Å². The van der Waals surface area contributed by atoms with E-state index in [1.807, 2.05) is 12.1 Å². The van der Waals surface area contributed by atoms with E-state index in [1.165, 1.54) is 0 Å². The van der Waals surface area contributed by atoms with Gasteiger partial charge in [-0.25, -0.2) is 4.79 Å². The zero-order valence-corrected chi connectivity index (χ0v) is 15.3. The van der Waals surface area contributed by atoms with Crippen LogP contribution in [0.1, 0.15) is 18.1 Å². The average molecular weight is 397 g/mol. The summed E-state index contributed by atoms with van der Waals surface area (Å²) in [7, 11) is 0. The molecule has 1 aliphatic heterocycles. The maximum Gasteiger partial charge on any atom is 0.367 e. The number of carbonyl (C=O) groups is 1. The van der Waals surface area contributed by atoms with Crippen molar-refractivity contribution in [3.05, 3.63) is 68.2 Å². The number of benzene rings is 2. The minimum atomic E-state index is -0.530. The van der Waals surface area contributed by atoms with Crippen molar-refractivity contribution in [1.29, 1.82) is 0 Å². The van der Waals surface area contributed by atoms with Crippen molar-refractivity contribution in [2.24, 2.45) is 5.16 Å². The van der Waals surface area contributed by atoms with Gasteiger partial charge >= 0.3 is 5.97 Å². The van der Waals surface area contributed by atoms with Gasteiger partial charge < -0.3 is 9.57 Å². The summed E-state index contributed by atoms with van der Waals surface area (Å²) in [6, 6.07) is 10.5. The van der Waals surface area contributed by atoms with Crippen LogP contribution in [0.5, 0.6) is 5.75 Å². The van der Waals surface area contributed by atoms with Crippen molar-refractivity contribution in [3.8, 4) is 5.75 Å². The van der Waals surface area contributed by atoms with Gasteiger partial charge in [0, 0.05) is 15.6 Å². The summed E-state index contributed by atoms with van der Waals surface area (Å²) in [5.41, 5.74) is 2.29. The van der Waals surface area contributed by atoms with E-state index >= 15 is 0 Å². The molecule has 0 spiro atoms. The van der Waals surface area contributed by atoms with Crippen molar-refractivity contribution in [2.45, 2.75) is 13.5 Å². The molecule has 0 unspecified atom stereocenters. The second-order valence-corrected chi connectivity index (χ2v) is 6.61. The molecule has 0 atom stereocenters. The monoisotopic (exact) mass is 395 g/mol. The molecule has 0 N–H and O–H groups in total. The third kappa shape index (κ3) is 4.15. The summed E-state index contributed by atoms with van der Waals surface area (Å²) < 4.78 is 5.86. The van der Waals surface area contributed by atoms with E-state index in [-0.39, 0.29) is 6.61 Å². The molecular weight excluding hydrogens is 385 g/mol. The van der Waals surface area contributed by atoms with E-state index < -0.39 is 5.97 Å². The Morgan fingerprint density at radius 1 is 1.12 bits per heavy atom. The first-order valence-corrected chi connectivity index (χ1v) is 8.42. The van der Waals surface area contributed by atoms with Gasteiger partial charge in [-0.15, -0.1) is 0 Å². The van der Waals surface area contributed by atoms with Gasteiger partial charge in [0.15, 0.2) is 0 Å². The Hall–Kier alpha value is -2.01. The van der Waals surface area contributed by atoms with E-state index in [0.29, 0.717) is 37.7 Å². The molecule has 1 heterocycles. The van der Waals surface area contributed by atoms with E-state index in [2.05, 4.69) is 9.99 Å². The number of hydrogen-bond donors (Lipinski definition) is 0. The van der Waals surface area contributed by atoms with Crippen LogP contribution < -0.4 is 4.74 Å². The lowest BCUT2D eigenvalue weighted by molar-refractivity contribution is -0.136. The van der Waals surface area contributed by atoms with Crippen LogP contribution in [0.15, 0.2) is 47.1 Å². The third-order valence-electron chi connectivity index (χ3n) is 3.51. The third-order valence-corrected chi connectivity index (χ3v) is 4.26. The van der Waals surface area contributed by atoms with Gasteiger partial charge in [-0.2, -0.15) is 0 Å². The molecular formula is C18H12Cl3NO3. The highest BCUT2D eigenvalue weighted by atomic mass is 35.5. The van der Waals surface area contributed by atoms with Crippen molar-refractivity contribution in [3.63, 3.8) is 0 Å². The maximum atomic E-state index is 11.8. The predicted molar refractivity (Wildman–Crippen MR) is 99.4 cm³/mol. The Labute approximate surface area is 159 Å². The Morgan fingerprint density at radius 3 is 2.48 bits per heavy atom. The molecule has 128 valence electrons. The second-order valence-electron chi connectivity index (χ2n) is 5.33. The smallest absolute Gasteiger partial charge is 0.367 e. The molecule has 0 radical (unpaired) electrons. The quantitative estimate of drug-likeness (QED) is 0.503. The van der Waals surface area contributed by atoms with Gasteiger partial charge in [-0.1, -0.05) is 52.1 Å². The van der Waals surface area contributed by atoms with Gasteiger partial charge in [0.25, 0.3) is 0 Å². The number of ether oxygens (including phenoxy) is 1. The van der Waals surface area contributed by atoms with Crippen LogP contribution >= 0.6 is 34.8 Å². The molecule has 25 heavy (non-hydrogen) atoms. The maximum absolute atomic E-state index is 11.8. The lowest BCUT2D eigenvalue weighted by atomic mass is 10.1. The molecule has 7 heteroatoms. The fourth-order valence-electron chi connectivity index (χ4n) is 2.25. The van der Waals surface area contributed by atoms with E-state index in [9.17, 15) is 4.79 Å². The zero-order valence-electron chi connectivity index (χ0n) is 13.1. The second kappa shape index (κ2) is 7.48. The van der Waals surface area contributed by atoms with Gasteiger partial charge in [-0.05, 0) is 42.8 Å². The summed E-state index contributed by atoms with van der Waals surface area (Å²) >= 11 is 18.2. The van der Waals surface area contributed by atoms with Crippen LogP contribution in [-0.4, -0.2) is 11.7 Å². The van der Waals surface area contributed by atoms with Gasteiger partial charge in [0.2, 0.25) is 0 Å². The normalized spacial score (nSPS) is 15.3. The van der Waals surface area contributed by atoms with Crippen LogP contribution in [0.3, 0.4) is 0 Å². The summed E-state index contributed by atoms with van der Waals surface area (Å²) in [6.45, 7) is 1.96. The molecule has 4 nitrogen and oxygen atoms in total. The number of carbonyl (C=O) groups excluding carboxylic acids is 1. The Morgan fingerprint density at radius 2 is 1.84 bits per heavy atom. The van der Waals surface area contributed by atoms with Crippen molar-refractivity contribution in [2.75, 3.05) is 0 Å². The number of nitrogens with zero attached hydrogens (tertiary/aromatic N) is 1. The minimum Gasteiger partial charge on any atom is -0.487 e. The number of rotatable bonds is 4. The van der Waals surface area contributed by atoms with Crippen LogP contribution in [0, 0.1) is 0 Å². The summed E-state index contributed by atoms with van der Waals surface area (Å²) in [6.07, 6.45) is 1.60. The lowest BCUT2D eigenvalue weighted by Gasteiger charge is -2.12. The summed E-state index contributed by atoms with van der Waals surface area (Å²) in [5.74, 6) is -0.113. The summed E-state index contributed by atoms with van der Waals surface area (Å²) in [5, 5.41) is 5.07. The molecule has 0 aromatic heterocycles. The van der Waals surface area contributed by atoms with Gasteiger partial charge in [0.05, 0.1) is 16.3 Å². The minimum absolute atomic E-state index is 0.284. The largest absolute Gasteiger partial charge is 0.487 e. The first-order valence-electron chi connectivity index (χ1n) is 7.28. The van der Waals surface area contributed by atoms with Crippen LogP contribution in [-0.2, 0) is 16.2 Å². The molecule has 1 aliphatic rings. The highest BCUT2D eigenvalue weighted by molar-refractivity contribution is 6.36. The lowest BCUT2D eigenvalue weighted by Crippen LogP contribution is -2.03.